The van der Waals surface area contributed by atoms with Gasteiger partial charge in [-0.1, -0.05) is 60.7 Å². The lowest BCUT2D eigenvalue weighted by atomic mass is 10.2. The maximum atomic E-state index is 4.68. The fourth-order valence-corrected chi connectivity index (χ4v) is 4.95. The van der Waals surface area contributed by atoms with Gasteiger partial charge < -0.3 is 5.32 Å². The first kappa shape index (κ1) is 16.7. The van der Waals surface area contributed by atoms with Crippen LogP contribution in [-0.4, -0.2) is 16.3 Å². The van der Waals surface area contributed by atoms with Gasteiger partial charge >= 0.3 is 0 Å². The van der Waals surface area contributed by atoms with Crippen molar-refractivity contribution in [1.29, 1.82) is 0 Å². The number of nitrogens with zero attached hydrogens (tertiary/aromatic N) is 2. The number of anilines is 1. The summed E-state index contributed by atoms with van der Waals surface area (Å²) in [5.41, 5.74) is 1.77. The van der Waals surface area contributed by atoms with Crippen LogP contribution in [0.25, 0.3) is 11.0 Å². The van der Waals surface area contributed by atoms with Crippen LogP contribution in [0.2, 0.25) is 0 Å². The van der Waals surface area contributed by atoms with Gasteiger partial charge in [-0.2, -0.15) is 0 Å². The molecule has 26 heavy (non-hydrogen) atoms. The number of aryl methyl sites for hydroxylation is 1. The Morgan fingerprint density at radius 2 is 1.35 bits per heavy atom. The van der Waals surface area contributed by atoms with Crippen molar-refractivity contribution in [3.63, 3.8) is 0 Å². The average molecular weight is 357 g/mol. The third kappa shape index (κ3) is 3.74. The van der Waals surface area contributed by atoms with Crippen molar-refractivity contribution in [3.8, 4) is 0 Å². The molecule has 0 amide bonds. The molecule has 2 heterocycles. The van der Waals surface area contributed by atoms with Crippen LogP contribution in [0.1, 0.15) is 5.69 Å². The molecule has 4 aromatic rings. The highest BCUT2D eigenvalue weighted by molar-refractivity contribution is 7.73. The Hall–Kier alpha value is -2.77. The minimum absolute atomic E-state index is 0.495. The summed E-state index contributed by atoms with van der Waals surface area (Å²) in [6.45, 7) is 1.99. The number of hydrogen-bond donors (Lipinski definition) is 1. The molecule has 128 valence electrons. The zero-order valence-corrected chi connectivity index (χ0v) is 15.5. The summed E-state index contributed by atoms with van der Waals surface area (Å²) < 4.78 is 0. The molecule has 0 aliphatic rings. The molecule has 0 saturated heterocycles. The predicted octanol–water partition coefficient (Wildman–Crippen LogP) is 4.44. The van der Waals surface area contributed by atoms with Crippen LogP contribution >= 0.6 is 7.92 Å². The third-order valence-corrected chi connectivity index (χ3v) is 6.56. The van der Waals surface area contributed by atoms with E-state index in [-0.39, 0.29) is 0 Å². The van der Waals surface area contributed by atoms with Crippen LogP contribution in [0.4, 0.5) is 5.82 Å². The number of benzene rings is 2. The second kappa shape index (κ2) is 7.63. The van der Waals surface area contributed by atoms with Crippen molar-refractivity contribution in [1.82, 2.24) is 9.97 Å². The molecular weight excluding hydrogens is 337 g/mol. The highest BCUT2D eigenvalue weighted by atomic mass is 31.1. The molecule has 4 heteroatoms. The van der Waals surface area contributed by atoms with E-state index in [4.69, 9.17) is 0 Å². The number of aromatic nitrogens is 2. The molecule has 1 N–H and O–H groups in total. The smallest absolute Gasteiger partial charge is 0.161 e. The van der Waals surface area contributed by atoms with Crippen molar-refractivity contribution >= 4 is 35.4 Å². The molecule has 0 aliphatic heterocycles. The topological polar surface area (TPSA) is 37.8 Å². The molecule has 3 nitrogen and oxygen atoms in total. The van der Waals surface area contributed by atoms with Crippen molar-refractivity contribution in [2.75, 3.05) is 11.6 Å². The number of fused-ring (bicyclic) bond motifs is 1. The first-order valence-electron chi connectivity index (χ1n) is 8.65. The van der Waals surface area contributed by atoms with Crippen LogP contribution in [0, 0.1) is 6.92 Å². The predicted molar refractivity (Wildman–Crippen MR) is 112 cm³/mol. The fourth-order valence-electron chi connectivity index (χ4n) is 2.90. The van der Waals surface area contributed by atoms with Gasteiger partial charge in [0.15, 0.2) is 5.65 Å². The standard InChI is InChI=1S/C22H20N3P/c1-17-12-13-18-14-15-21(25-22(18)24-17)23-16-26(19-8-4-2-5-9-19)20-10-6-3-7-11-20/h2-15H,16H2,1H3,(H,23,24,25). The minimum atomic E-state index is -0.495. The molecule has 2 aromatic heterocycles. The van der Waals surface area contributed by atoms with E-state index in [1.807, 2.05) is 19.1 Å². The summed E-state index contributed by atoms with van der Waals surface area (Å²) >= 11 is 0. The van der Waals surface area contributed by atoms with E-state index in [0.29, 0.717) is 0 Å². The lowest BCUT2D eigenvalue weighted by molar-refractivity contribution is 1.19. The van der Waals surface area contributed by atoms with E-state index in [1.54, 1.807) is 0 Å². The second-order valence-corrected chi connectivity index (χ2v) is 8.33. The van der Waals surface area contributed by atoms with E-state index in [2.05, 4.69) is 88.1 Å². The van der Waals surface area contributed by atoms with Gasteiger partial charge in [0, 0.05) is 17.4 Å². The number of hydrogen-bond acceptors (Lipinski definition) is 3. The van der Waals surface area contributed by atoms with E-state index in [1.165, 1.54) is 10.6 Å². The molecule has 0 saturated carbocycles. The molecule has 2 aromatic carbocycles. The molecule has 0 bridgehead atoms. The molecule has 0 aliphatic carbocycles. The number of nitrogens with one attached hydrogen (secondary N) is 1. The van der Waals surface area contributed by atoms with Gasteiger partial charge in [-0.05, 0) is 49.7 Å². The molecular formula is C22H20N3P. The summed E-state index contributed by atoms with van der Waals surface area (Å²) in [6, 6.07) is 29.6. The monoisotopic (exact) mass is 357 g/mol. The Bertz CT molecular complexity index is 964. The van der Waals surface area contributed by atoms with Crippen LogP contribution in [0.3, 0.4) is 0 Å². The molecule has 4 rings (SSSR count). The van der Waals surface area contributed by atoms with Crippen LogP contribution in [0.5, 0.6) is 0 Å². The minimum Gasteiger partial charge on any atom is -0.365 e. The van der Waals surface area contributed by atoms with E-state index >= 15 is 0 Å². The third-order valence-electron chi connectivity index (χ3n) is 4.25. The lowest BCUT2D eigenvalue weighted by Crippen LogP contribution is -2.18. The quantitative estimate of drug-likeness (QED) is 0.537. The Morgan fingerprint density at radius 1 is 0.731 bits per heavy atom. The SMILES string of the molecule is Cc1ccc2ccc(NCP(c3ccccc3)c3ccccc3)nc2n1. The second-order valence-electron chi connectivity index (χ2n) is 6.13. The van der Waals surface area contributed by atoms with E-state index < -0.39 is 7.92 Å². The molecule has 0 atom stereocenters. The maximum absolute atomic E-state index is 4.68. The molecule has 0 fully saturated rings. The Labute approximate surface area is 154 Å². The Balaban J connectivity index is 1.60. The fraction of sp³-hybridized carbons (Fsp3) is 0.0909. The van der Waals surface area contributed by atoms with Crippen molar-refractivity contribution in [3.05, 3.63) is 90.6 Å². The summed E-state index contributed by atoms with van der Waals surface area (Å²) in [5, 5.41) is 7.31. The summed E-state index contributed by atoms with van der Waals surface area (Å²) in [7, 11) is -0.495. The van der Waals surface area contributed by atoms with Gasteiger partial charge in [-0.15, -0.1) is 0 Å². The largest absolute Gasteiger partial charge is 0.365 e. The van der Waals surface area contributed by atoms with Crippen LogP contribution in [-0.2, 0) is 0 Å². The van der Waals surface area contributed by atoms with Gasteiger partial charge in [-0.25, -0.2) is 9.97 Å². The molecule has 0 unspecified atom stereocenters. The van der Waals surface area contributed by atoms with Crippen LogP contribution < -0.4 is 15.9 Å². The number of pyridine rings is 2. The Morgan fingerprint density at radius 3 is 2.00 bits per heavy atom. The van der Waals surface area contributed by atoms with Crippen LogP contribution in [0.15, 0.2) is 84.9 Å². The van der Waals surface area contributed by atoms with Crippen molar-refractivity contribution in [2.45, 2.75) is 6.92 Å². The highest BCUT2D eigenvalue weighted by Crippen LogP contribution is 2.33. The van der Waals surface area contributed by atoms with Gasteiger partial charge in [0.25, 0.3) is 0 Å². The van der Waals surface area contributed by atoms with E-state index in [0.717, 1.165) is 28.8 Å². The Kier molecular flexibility index (Phi) is 4.90. The van der Waals surface area contributed by atoms with Gasteiger partial charge in [0.05, 0.1) is 0 Å². The average Bonchev–Trinajstić information content (AvgIpc) is 2.69. The maximum Gasteiger partial charge on any atom is 0.161 e. The zero-order valence-electron chi connectivity index (χ0n) is 14.6. The van der Waals surface area contributed by atoms with Gasteiger partial charge in [-0.3, -0.25) is 0 Å². The van der Waals surface area contributed by atoms with E-state index in [9.17, 15) is 0 Å². The van der Waals surface area contributed by atoms with Crippen molar-refractivity contribution < 1.29 is 0 Å². The summed E-state index contributed by atoms with van der Waals surface area (Å²) in [5.74, 6) is 0.870. The van der Waals surface area contributed by atoms with Gasteiger partial charge in [0.2, 0.25) is 0 Å². The highest BCUT2D eigenvalue weighted by Gasteiger charge is 2.13. The first-order chi connectivity index (χ1) is 12.8. The summed E-state index contributed by atoms with van der Waals surface area (Å²) in [4.78, 5) is 9.22. The molecule has 0 radical (unpaired) electrons. The first-order valence-corrected chi connectivity index (χ1v) is 10.2. The zero-order chi connectivity index (χ0) is 17.8. The number of rotatable bonds is 5. The molecule has 0 spiro atoms. The van der Waals surface area contributed by atoms with Gasteiger partial charge in [0.1, 0.15) is 5.82 Å². The lowest BCUT2D eigenvalue weighted by Gasteiger charge is -2.19. The summed E-state index contributed by atoms with van der Waals surface area (Å²) in [6.07, 6.45) is 0.841. The van der Waals surface area contributed by atoms with Crippen molar-refractivity contribution in [2.24, 2.45) is 0 Å². The normalized spacial score (nSPS) is 11.0.